The van der Waals surface area contributed by atoms with Gasteiger partial charge in [-0.3, -0.25) is 0 Å². The number of benzene rings is 10. The molecule has 480 valence electrons. The Bertz CT molecular complexity index is 3960. The molecule has 0 amide bonds. The first-order valence-electron chi connectivity index (χ1n) is 33.6. The number of fused-ring (bicyclic) bond motifs is 2. The molecule has 0 radical (unpaired) electrons. The summed E-state index contributed by atoms with van der Waals surface area (Å²) in [5, 5.41) is 4.92. The summed E-state index contributed by atoms with van der Waals surface area (Å²) in [7, 11) is 3.66. The topological polar surface area (TPSA) is 18.5 Å². The Morgan fingerprint density at radius 3 is 0.511 bits per heavy atom. The third-order valence-corrected chi connectivity index (χ3v) is 18.9. The number of ether oxygens (including phenoxy) is 2. The van der Waals surface area contributed by atoms with Gasteiger partial charge in [0.2, 0.25) is 0 Å². The summed E-state index contributed by atoms with van der Waals surface area (Å²) in [6, 6.07) is 69.1. The minimum Gasteiger partial charge on any atom is -0.495 e. The highest BCUT2D eigenvalue weighted by Crippen LogP contribution is 2.54. The average molecular weight is 1220 g/mol. The van der Waals surface area contributed by atoms with Crippen molar-refractivity contribution in [3.05, 3.63) is 226 Å². The second-order valence-electron chi connectivity index (χ2n) is 34.3. The molecule has 0 bridgehead atoms. The van der Waals surface area contributed by atoms with E-state index >= 15 is 0 Å². The molecule has 0 fully saturated rings. The van der Waals surface area contributed by atoms with E-state index in [-0.39, 0.29) is 43.3 Å². The molecule has 0 unspecified atom stereocenters. The molecule has 0 aliphatic carbocycles. The number of hydrogen-bond donors (Lipinski definition) is 0. The highest BCUT2D eigenvalue weighted by molar-refractivity contribution is 6.16. The van der Waals surface area contributed by atoms with Gasteiger partial charge in [-0.2, -0.15) is 0 Å². The molecule has 0 N–H and O–H groups in total. The van der Waals surface area contributed by atoms with Crippen molar-refractivity contribution in [1.82, 2.24) is 0 Å². The summed E-state index contributed by atoms with van der Waals surface area (Å²) in [5.74, 6) is 1.83. The van der Waals surface area contributed by atoms with Crippen LogP contribution < -0.4 is 9.47 Å². The Labute approximate surface area is 556 Å². The Morgan fingerprint density at radius 2 is 0.337 bits per heavy atom. The van der Waals surface area contributed by atoms with Gasteiger partial charge in [-0.05, 0) is 155 Å². The van der Waals surface area contributed by atoms with Gasteiger partial charge in [0, 0.05) is 33.4 Å². The highest BCUT2D eigenvalue weighted by Gasteiger charge is 2.30. The zero-order valence-corrected chi connectivity index (χ0v) is 61.1. The van der Waals surface area contributed by atoms with Crippen molar-refractivity contribution in [2.75, 3.05) is 14.2 Å². The summed E-state index contributed by atoms with van der Waals surface area (Å²) in [4.78, 5) is 0. The van der Waals surface area contributed by atoms with Crippen LogP contribution in [0.4, 0.5) is 0 Å². The van der Waals surface area contributed by atoms with E-state index in [1.54, 1.807) is 0 Å². The summed E-state index contributed by atoms with van der Waals surface area (Å²) >= 11 is 0. The molecule has 2 nitrogen and oxygen atoms in total. The van der Waals surface area contributed by atoms with Crippen LogP contribution in [0.2, 0.25) is 0 Å². The quantitative estimate of drug-likeness (QED) is 0.151. The lowest BCUT2D eigenvalue weighted by Crippen LogP contribution is -2.11. The van der Waals surface area contributed by atoms with Crippen molar-refractivity contribution in [1.29, 1.82) is 0 Å². The van der Waals surface area contributed by atoms with Crippen LogP contribution in [0.3, 0.4) is 0 Å². The van der Waals surface area contributed by atoms with Crippen LogP contribution in [0.15, 0.2) is 182 Å². The highest BCUT2D eigenvalue weighted by atomic mass is 16.5. The van der Waals surface area contributed by atoms with Gasteiger partial charge in [0.25, 0.3) is 0 Å². The van der Waals surface area contributed by atoms with Crippen LogP contribution in [0.25, 0.3) is 88.3 Å². The van der Waals surface area contributed by atoms with Gasteiger partial charge in [-0.1, -0.05) is 336 Å². The molecule has 0 aromatic heterocycles. The SMILES string of the molecule is COc1c(-c2ccc(C(C)(C)C)cc2)c(-c2ccc(C(C)(C)C)cc2)c2cc(C(C)(C)C)ccc2c1-c1ccc(C(C)(C)C)cc1.COc1c(-c2ccc(C(C)(C)C)cc2)c(-c2ccc(C(C)(C)C)cc2)c2cc(C(C)(C)C)ccc2c1-c1ccc(C(C)(C)C)cc1. The van der Waals surface area contributed by atoms with Gasteiger partial charge in [-0.15, -0.1) is 0 Å². The second-order valence-corrected chi connectivity index (χ2v) is 34.3. The summed E-state index contributed by atoms with van der Waals surface area (Å²) < 4.78 is 13.1. The van der Waals surface area contributed by atoms with Gasteiger partial charge in [-0.25, -0.2) is 0 Å². The smallest absolute Gasteiger partial charge is 0.135 e. The standard InChI is InChI=1S/2C45H54O/c2*1-42(2,3)32-20-14-29(15-21-32)38-37-28-35(45(10,11)12)26-27-36(37)39(30-16-22-33(23-17-30)43(4,5)6)41(46-13)40(38)31-18-24-34(25-19-31)44(7,8)9/h2*14-28H,1-13H3. The van der Waals surface area contributed by atoms with Gasteiger partial charge < -0.3 is 9.47 Å². The summed E-state index contributed by atoms with van der Waals surface area (Å²) in [5.41, 5.74) is 25.1. The molecule has 0 spiro atoms. The van der Waals surface area contributed by atoms with E-state index in [1.807, 2.05) is 14.2 Å². The molecular formula is C90H108O2. The van der Waals surface area contributed by atoms with E-state index in [1.165, 1.54) is 99.4 Å². The first-order chi connectivity index (χ1) is 42.6. The lowest BCUT2D eigenvalue weighted by molar-refractivity contribution is 0.418. The van der Waals surface area contributed by atoms with Crippen LogP contribution in [0.1, 0.15) is 211 Å². The molecule has 10 aromatic rings. The third kappa shape index (κ3) is 14.4. The van der Waals surface area contributed by atoms with Gasteiger partial charge in [0.1, 0.15) is 11.5 Å². The van der Waals surface area contributed by atoms with Gasteiger partial charge >= 0.3 is 0 Å². The fourth-order valence-corrected chi connectivity index (χ4v) is 12.8. The fraction of sp³-hybridized carbons (Fsp3) is 0.378. The van der Waals surface area contributed by atoms with Crippen molar-refractivity contribution < 1.29 is 9.47 Å². The molecule has 0 aliphatic rings. The average Bonchev–Trinajstić information content (AvgIpc) is 0.734. The molecule has 0 saturated heterocycles. The van der Waals surface area contributed by atoms with Gasteiger partial charge in [0.05, 0.1) is 14.2 Å². The number of rotatable bonds is 8. The third-order valence-electron chi connectivity index (χ3n) is 18.9. The first kappa shape index (κ1) is 68.7. The minimum absolute atomic E-state index is 0.00448. The van der Waals surface area contributed by atoms with Crippen molar-refractivity contribution >= 4 is 21.5 Å². The minimum atomic E-state index is 0.00448. The lowest BCUT2D eigenvalue weighted by atomic mass is 9.79. The molecule has 2 heteroatoms. The molecule has 0 saturated carbocycles. The van der Waals surface area contributed by atoms with E-state index in [2.05, 4.69) is 348 Å². The predicted octanol–water partition coefficient (Wildman–Crippen LogP) is 26.1. The predicted molar refractivity (Wildman–Crippen MR) is 403 cm³/mol. The monoisotopic (exact) mass is 1220 g/mol. The normalized spacial score (nSPS) is 12.9. The van der Waals surface area contributed by atoms with E-state index in [0.717, 1.165) is 44.9 Å². The van der Waals surface area contributed by atoms with E-state index in [9.17, 15) is 0 Å². The maximum atomic E-state index is 6.53. The van der Waals surface area contributed by atoms with Crippen molar-refractivity contribution in [3.8, 4) is 78.3 Å². The number of methoxy groups -OCH3 is 2. The van der Waals surface area contributed by atoms with E-state index < -0.39 is 0 Å². The largest absolute Gasteiger partial charge is 0.495 e. The lowest BCUT2D eigenvalue weighted by Gasteiger charge is -2.26. The molecule has 10 aromatic carbocycles. The summed E-state index contributed by atoms with van der Waals surface area (Å²) in [6.07, 6.45) is 0. The molecule has 10 rings (SSSR count). The fourth-order valence-electron chi connectivity index (χ4n) is 12.8. The Balaban J connectivity index is 0.000000217. The van der Waals surface area contributed by atoms with Crippen molar-refractivity contribution in [3.63, 3.8) is 0 Å². The zero-order valence-electron chi connectivity index (χ0n) is 61.1. The Kier molecular flexibility index (Phi) is 18.7. The van der Waals surface area contributed by atoms with Gasteiger partial charge in [0.15, 0.2) is 0 Å². The molecule has 0 aliphatic heterocycles. The van der Waals surface area contributed by atoms with Crippen LogP contribution >= 0.6 is 0 Å². The number of hydrogen-bond acceptors (Lipinski definition) is 2. The Hall–Kier alpha value is -7.68. The maximum absolute atomic E-state index is 6.53. The molecule has 92 heavy (non-hydrogen) atoms. The van der Waals surface area contributed by atoms with Crippen LogP contribution in [0.5, 0.6) is 11.5 Å². The van der Waals surface area contributed by atoms with E-state index in [0.29, 0.717) is 0 Å². The summed E-state index contributed by atoms with van der Waals surface area (Å²) in [6.45, 7) is 54.7. The second kappa shape index (κ2) is 25.0. The molecule has 0 heterocycles. The van der Waals surface area contributed by atoms with E-state index in [4.69, 9.17) is 9.47 Å². The molecular weight excluding hydrogens is 1110 g/mol. The van der Waals surface area contributed by atoms with Crippen molar-refractivity contribution in [2.45, 2.75) is 209 Å². The zero-order chi connectivity index (χ0) is 67.6. The van der Waals surface area contributed by atoms with Crippen LogP contribution in [-0.2, 0) is 43.3 Å². The molecule has 0 atom stereocenters. The maximum Gasteiger partial charge on any atom is 0.135 e. The van der Waals surface area contributed by atoms with Crippen molar-refractivity contribution in [2.24, 2.45) is 0 Å². The van der Waals surface area contributed by atoms with Crippen LogP contribution in [-0.4, -0.2) is 14.2 Å². The van der Waals surface area contributed by atoms with Crippen LogP contribution in [0, 0.1) is 0 Å². The first-order valence-corrected chi connectivity index (χ1v) is 33.6. The Morgan fingerprint density at radius 1 is 0.174 bits per heavy atom.